The van der Waals surface area contributed by atoms with Crippen molar-refractivity contribution in [2.24, 2.45) is 0 Å². The average Bonchev–Trinajstić information content (AvgIpc) is 2.62. The minimum absolute atomic E-state index is 0.0159. The minimum atomic E-state index is -0.452. The second kappa shape index (κ2) is 7.06. The van der Waals surface area contributed by atoms with Gasteiger partial charge in [0.2, 0.25) is 0 Å². The molecule has 1 aliphatic heterocycles. The largest absolute Gasteiger partial charge is 0.353 e. The van der Waals surface area contributed by atoms with E-state index in [9.17, 15) is 14.9 Å². The van der Waals surface area contributed by atoms with Crippen LogP contribution >= 0.6 is 11.6 Å². The lowest BCUT2D eigenvalue weighted by Gasteiger charge is -2.36. The summed E-state index contributed by atoms with van der Waals surface area (Å²) in [5, 5.41) is 11.4. The van der Waals surface area contributed by atoms with Gasteiger partial charge in [-0.1, -0.05) is 11.6 Å². The molecule has 0 bridgehead atoms. The van der Waals surface area contributed by atoms with Crippen molar-refractivity contribution in [2.75, 3.05) is 31.1 Å². The van der Waals surface area contributed by atoms with Gasteiger partial charge in [0.1, 0.15) is 12.0 Å². The van der Waals surface area contributed by atoms with E-state index in [-0.39, 0.29) is 11.6 Å². The maximum Gasteiger partial charge on any atom is 0.287 e. The van der Waals surface area contributed by atoms with Gasteiger partial charge in [0.25, 0.3) is 11.6 Å². The highest BCUT2D eigenvalue weighted by Crippen LogP contribution is 2.23. The summed E-state index contributed by atoms with van der Waals surface area (Å²) in [6, 6.07) is 8.37. The number of hydrogen-bond acceptors (Lipinski definition) is 5. The fourth-order valence-electron chi connectivity index (χ4n) is 2.88. The van der Waals surface area contributed by atoms with Crippen molar-refractivity contribution >= 4 is 29.0 Å². The van der Waals surface area contributed by atoms with Crippen molar-refractivity contribution < 1.29 is 9.72 Å². The van der Waals surface area contributed by atoms with Gasteiger partial charge in [0.05, 0.1) is 4.92 Å². The van der Waals surface area contributed by atoms with Crippen LogP contribution in [0.4, 0.5) is 11.5 Å². The Kier molecular flexibility index (Phi) is 4.85. The number of hydrogen-bond donors (Lipinski definition) is 0. The summed E-state index contributed by atoms with van der Waals surface area (Å²) in [7, 11) is 0. The van der Waals surface area contributed by atoms with Gasteiger partial charge in [-0.3, -0.25) is 14.9 Å². The zero-order chi connectivity index (χ0) is 18.0. The molecule has 0 radical (unpaired) electrons. The number of halogens is 1. The molecule has 1 aliphatic rings. The van der Waals surface area contributed by atoms with Crippen LogP contribution in [-0.2, 0) is 0 Å². The number of nitro groups is 1. The molecule has 1 aromatic heterocycles. The Labute approximate surface area is 150 Å². The van der Waals surface area contributed by atoms with E-state index in [4.69, 9.17) is 11.6 Å². The standard InChI is InChI=1S/C17H17ClN4O3/c1-12-10-15(22(24)25)11-19-16(12)20-6-8-21(9-7-20)17(23)13-2-4-14(18)5-3-13/h2-5,10-11H,6-9H2,1H3. The van der Waals surface area contributed by atoms with E-state index in [0.29, 0.717) is 36.8 Å². The first-order valence-corrected chi connectivity index (χ1v) is 8.24. The fourth-order valence-corrected chi connectivity index (χ4v) is 3.01. The van der Waals surface area contributed by atoms with Crippen molar-refractivity contribution in [3.05, 3.63) is 62.8 Å². The summed E-state index contributed by atoms with van der Waals surface area (Å²) in [4.78, 5) is 30.9. The number of aromatic nitrogens is 1. The molecule has 0 N–H and O–H groups in total. The molecule has 1 amide bonds. The lowest BCUT2D eigenvalue weighted by atomic mass is 10.1. The lowest BCUT2D eigenvalue weighted by Crippen LogP contribution is -2.49. The van der Waals surface area contributed by atoms with Crippen LogP contribution in [0.2, 0.25) is 5.02 Å². The molecule has 1 aromatic carbocycles. The van der Waals surface area contributed by atoms with Gasteiger partial charge < -0.3 is 9.80 Å². The van der Waals surface area contributed by atoms with Crippen LogP contribution in [0, 0.1) is 17.0 Å². The van der Waals surface area contributed by atoms with Crippen molar-refractivity contribution in [1.82, 2.24) is 9.88 Å². The van der Waals surface area contributed by atoms with Gasteiger partial charge in [-0.15, -0.1) is 0 Å². The van der Waals surface area contributed by atoms with Crippen LogP contribution < -0.4 is 4.90 Å². The summed E-state index contributed by atoms with van der Waals surface area (Å²) >= 11 is 5.85. The molecule has 8 heteroatoms. The number of pyridine rings is 1. The minimum Gasteiger partial charge on any atom is -0.353 e. The maximum atomic E-state index is 12.5. The van der Waals surface area contributed by atoms with Gasteiger partial charge >= 0.3 is 0 Å². The molecule has 2 heterocycles. The van der Waals surface area contributed by atoms with Crippen LogP contribution in [0.3, 0.4) is 0 Å². The predicted molar refractivity (Wildman–Crippen MR) is 95.2 cm³/mol. The summed E-state index contributed by atoms with van der Waals surface area (Å²) < 4.78 is 0. The summed E-state index contributed by atoms with van der Waals surface area (Å²) in [5.41, 5.74) is 1.35. The number of rotatable bonds is 3. The van der Waals surface area contributed by atoms with E-state index in [1.165, 1.54) is 12.3 Å². The van der Waals surface area contributed by atoms with E-state index >= 15 is 0 Å². The van der Waals surface area contributed by atoms with Crippen molar-refractivity contribution in [2.45, 2.75) is 6.92 Å². The highest BCUT2D eigenvalue weighted by Gasteiger charge is 2.24. The topological polar surface area (TPSA) is 79.6 Å². The Bertz CT molecular complexity index is 802. The molecule has 7 nitrogen and oxygen atoms in total. The highest BCUT2D eigenvalue weighted by atomic mass is 35.5. The molecule has 3 rings (SSSR count). The van der Waals surface area contributed by atoms with Gasteiger partial charge in [-0.05, 0) is 36.8 Å². The average molecular weight is 361 g/mol. The van der Waals surface area contributed by atoms with Gasteiger partial charge in [0, 0.05) is 42.8 Å². The summed E-state index contributed by atoms with van der Waals surface area (Å²) in [6.07, 6.45) is 1.27. The Morgan fingerprint density at radius 3 is 2.40 bits per heavy atom. The van der Waals surface area contributed by atoms with E-state index in [0.717, 1.165) is 11.4 Å². The molecular formula is C17H17ClN4O3. The predicted octanol–water partition coefficient (Wildman–Crippen LogP) is 2.91. The van der Waals surface area contributed by atoms with E-state index in [1.54, 1.807) is 36.1 Å². The van der Waals surface area contributed by atoms with Crippen molar-refractivity contribution in [3.63, 3.8) is 0 Å². The van der Waals surface area contributed by atoms with Crippen molar-refractivity contribution in [3.8, 4) is 0 Å². The fraction of sp³-hybridized carbons (Fsp3) is 0.294. The first kappa shape index (κ1) is 17.2. The van der Waals surface area contributed by atoms with Gasteiger partial charge in [-0.25, -0.2) is 4.98 Å². The molecule has 25 heavy (non-hydrogen) atoms. The quantitative estimate of drug-likeness (QED) is 0.621. The highest BCUT2D eigenvalue weighted by molar-refractivity contribution is 6.30. The Morgan fingerprint density at radius 1 is 1.20 bits per heavy atom. The zero-order valence-electron chi connectivity index (χ0n) is 13.7. The SMILES string of the molecule is Cc1cc([N+](=O)[O-])cnc1N1CCN(C(=O)c2ccc(Cl)cc2)CC1. The van der Waals surface area contributed by atoms with Crippen LogP contribution in [-0.4, -0.2) is 46.9 Å². The molecule has 1 fully saturated rings. The van der Waals surface area contributed by atoms with Gasteiger partial charge in [-0.2, -0.15) is 0 Å². The molecule has 1 saturated heterocycles. The Hall–Kier alpha value is -2.67. The normalized spacial score (nSPS) is 14.5. The van der Waals surface area contributed by atoms with Crippen LogP contribution in [0.5, 0.6) is 0 Å². The van der Waals surface area contributed by atoms with E-state index in [2.05, 4.69) is 4.98 Å². The van der Waals surface area contributed by atoms with Crippen LogP contribution in [0.15, 0.2) is 36.5 Å². The monoisotopic (exact) mass is 360 g/mol. The first-order valence-electron chi connectivity index (χ1n) is 7.86. The second-order valence-corrected chi connectivity index (χ2v) is 6.31. The molecule has 2 aromatic rings. The molecule has 0 aliphatic carbocycles. The van der Waals surface area contributed by atoms with Crippen LogP contribution in [0.1, 0.15) is 15.9 Å². The third kappa shape index (κ3) is 3.71. The molecule has 0 atom stereocenters. The summed E-state index contributed by atoms with van der Waals surface area (Å²) in [5.74, 6) is 0.703. The van der Waals surface area contributed by atoms with Gasteiger partial charge in [0.15, 0.2) is 0 Å². The Morgan fingerprint density at radius 2 is 1.84 bits per heavy atom. The van der Waals surface area contributed by atoms with Crippen molar-refractivity contribution in [1.29, 1.82) is 0 Å². The molecular weight excluding hydrogens is 344 g/mol. The number of anilines is 1. The molecule has 0 spiro atoms. The maximum absolute atomic E-state index is 12.5. The first-order chi connectivity index (χ1) is 12.0. The molecule has 0 saturated carbocycles. The molecule has 0 unspecified atom stereocenters. The van der Waals surface area contributed by atoms with E-state index < -0.39 is 4.92 Å². The van der Waals surface area contributed by atoms with Crippen LogP contribution in [0.25, 0.3) is 0 Å². The molecule has 130 valence electrons. The van der Waals surface area contributed by atoms with E-state index in [1.807, 2.05) is 4.90 Å². The number of amides is 1. The Balaban J connectivity index is 1.66. The number of carbonyl (C=O) groups excluding carboxylic acids is 1. The lowest BCUT2D eigenvalue weighted by molar-refractivity contribution is -0.385. The number of aryl methyl sites for hydroxylation is 1. The number of nitrogens with zero attached hydrogens (tertiary/aromatic N) is 4. The zero-order valence-corrected chi connectivity index (χ0v) is 14.4. The third-order valence-electron chi connectivity index (χ3n) is 4.20. The second-order valence-electron chi connectivity index (χ2n) is 5.88. The summed E-state index contributed by atoms with van der Waals surface area (Å²) in [6.45, 7) is 4.20. The number of piperazine rings is 1. The third-order valence-corrected chi connectivity index (χ3v) is 4.46. The number of carbonyl (C=O) groups is 1. The smallest absolute Gasteiger partial charge is 0.287 e. The number of benzene rings is 1.